The van der Waals surface area contributed by atoms with Crippen LogP contribution >= 0.6 is 0 Å². The van der Waals surface area contributed by atoms with Gasteiger partial charge in [0, 0.05) is 6.42 Å². The fourth-order valence-electron chi connectivity index (χ4n) is 4.31. The van der Waals surface area contributed by atoms with Crippen LogP contribution in [0.25, 0.3) is 0 Å². The average molecular weight is 551 g/mol. The van der Waals surface area contributed by atoms with E-state index in [-0.39, 0.29) is 0 Å². The van der Waals surface area contributed by atoms with Gasteiger partial charge in [0.05, 0.1) is 25.6 Å². The maximum atomic E-state index is 12.6. The lowest BCUT2D eigenvalue weighted by molar-refractivity contribution is -0.291. The van der Waals surface area contributed by atoms with Crippen molar-refractivity contribution >= 4 is 5.97 Å². The number of unbranched alkanes of at least 4 members (excludes halogenated alkanes) is 6. The van der Waals surface area contributed by atoms with E-state index in [1.54, 1.807) is 6.08 Å². The molecule has 0 amide bonds. The molecule has 0 aromatic carbocycles. The third-order valence-electron chi connectivity index (χ3n) is 6.62. The van der Waals surface area contributed by atoms with Crippen LogP contribution in [-0.4, -0.2) is 115 Å². The molecule has 2 aliphatic rings. The number of carbonyl (C=O) groups is 1. The largest absolute Gasteiger partial charge is 0.505 e. The Labute approximate surface area is 221 Å². The van der Waals surface area contributed by atoms with Gasteiger partial charge in [-0.25, -0.2) is 4.79 Å². The van der Waals surface area contributed by atoms with Crippen LogP contribution in [0.1, 0.15) is 58.3 Å². The molecule has 0 saturated carbocycles. The summed E-state index contributed by atoms with van der Waals surface area (Å²) >= 11 is 0. The minimum atomic E-state index is -2.27. The molecular formula is C25H42O13. The first kappa shape index (κ1) is 32.2. The molecule has 0 radical (unpaired) electrons. The fourth-order valence-corrected chi connectivity index (χ4v) is 4.31. The minimum absolute atomic E-state index is 0.462. The first-order valence-corrected chi connectivity index (χ1v) is 13.0. The maximum Gasteiger partial charge on any atom is 0.378 e. The van der Waals surface area contributed by atoms with E-state index in [0.29, 0.717) is 0 Å². The van der Waals surface area contributed by atoms with Gasteiger partial charge in [-0.1, -0.05) is 39.0 Å². The Bertz CT molecular complexity index is 785. The lowest BCUT2D eigenvalue weighted by Crippen LogP contribution is -2.59. The number of cyclic esters (lactones) is 1. The summed E-state index contributed by atoms with van der Waals surface area (Å²) in [7, 11) is 0. The third kappa shape index (κ3) is 8.02. The maximum absolute atomic E-state index is 12.6. The standard InChI is InChI=1S/C25H42O13/c1-2-3-4-5-6-7-8-9-10-35-14-17(29)25(11-15(28)12-26)22(33)21(23(34)38-25)37-24-20(32)19(31)18(30)16(13-27)36-24/h9-10,15-20,24,26-33H,2-8,11-14H2,1H3/t15?,16-,17+,18-,19+,20-,24?,25-/m1/s1. The van der Waals surface area contributed by atoms with E-state index >= 15 is 0 Å². The molecule has 0 aromatic rings. The monoisotopic (exact) mass is 550 g/mol. The van der Waals surface area contributed by atoms with Crippen molar-refractivity contribution < 1.29 is 64.6 Å². The second-order valence-electron chi connectivity index (χ2n) is 9.59. The highest BCUT2D eigenvalue weighted by Crippen LogP contribution is 2.40. The molecule has 0 spiro atoms. The first-order chi connectivity index (χ1) is 18.1. The molecule has 0 aromatic heterocycles. The zero-order chi connectivity index (χ0) is 28.3. The van der Waals surface area contributed by atoms with E-state index in [1.807, 2.05) is 0 Å². The predicted molar refractivity (Wildman–Crippen MR) is 130 cm³/mol. The Morgan fingerprint density at radius 2 is 1.71 bits per heavy atom. The Kier molecular flexibility index (Phi) is 13.2. The van der Waals surface area contributed by atoms with Crippen molar-refractivity contribution in [1.29, 1.82) is 0 Å². The Hall–Kier alpha value is -1.97. The van der Waals surface area contributed by atoms with E-state index in [0.717, 1.165) is 25.7 Å². The topological polar surface area (TPSA) is 216 Å². The molecule has 2 heterocycles. The number of hydrogen-bond acceptors (Lipinski definition) is 13. The zero-order valence-electron chi connectivity index (χ0n) is 21.6. The summed E-state index contributed by atoms with van der Waals surface area (Å²) in [4.78, 5) is 12.6. The molecule has 2 aliphatic heterocycles. The van der Waals surface area contributed by atoms with Crippen molar-refractivity contribution in [3.63, 3.8) is 0 Å². The summed E-state index contributed by atoms with van der Waals surface area (Å²) < 4.78 is 21.0. The van der Waals surface area contributed by atoms with Crippen LogP contribution in [0, 0.1) is 0 Å². The van der Waals surface area contributed by atoms with Gasteiger partial charge in [0.2, 0.25) is 17.7 Å². The van der Waals surface area contributed by atoms with Gasteiger partial charge in [-0.2, -0.15) is 0 Å². The van der Waals surface area contributed by atoms with Gasteiger partial charge in [-0.15, -0.1) is 0 Å². The van der Waals surface area contributed by atoms with Crippen molar-refractivity contribution in [2.45, 2.75) is 107 Å². The number of allylic oxidation sites excluding steroid dienone is 1. The number of esters is 1. The minimum Gasteiger partial charge on any atom is -0.505 e. The third-order valence-corrected chi connectivity index (χ3v) is 6.62. The summed E-state index contributed by atoms with van der Waals surface area (Å²) in [5.41, 5.74) is -2.27. The molecule has 8 N–H and O–H groups in total. The van der Waals surface area contributed by atoms with Gasteiger partial charge in [0.15, 0.2) is 5.76 Å². The molecule has 0 bridgehead atoms. The SMILES string of the molecule is CCCCCCCCC=COC[C@H](O)[C@@]1(CC(O)CO)OC(=O)C(OC2O[C@H](CO)[C@@H](O)[C@H](O)[C@H]2O)=C1O. The highest BCUT2D eigenvalue weighted by molar-refractivity contribution is 5.90. The van der Waals surface area contributed by atoms with Gasteiger partial charge >= 0.3 is 5.97 Å². The van der Waals surface area contributed by atoms with Crippen LogP contribution in [-0.2, 0) is 23.7 Å². The molecule has 2 rings (SSSR count). The van der Waals surface area contributed by atoms with Crippen LogP contribution in [0.5, 0.6) is 0 Å². The summed E-state index contributed by atoms with van der Waals surface area (Å²) in [6.45, 7) is 0.158. The van der Waals surface area contributed by atoms with Gasteiger partial charge in [0.25, 0.3) is 0 Å². The van der Waals surface area contributed by atoms with Crippen LogP contribution in [0.3, 0.4) is 0 Å². The van der Waals surface area contributed by atoms with Crippen molar-refractivity contribution in [2.75, 3.05) is 19.8 Å². The second-order valence-corrected chi connectivity index (χ2v) is 9.59. The summed E-state index contributed by atoms with van der Waals surface area (Å²) in [6.07, 6.45) is -1.71. The Morgan fingerprint density at radius 3 is 2.37 bits per heavy atom. The summed E-state index contributed by atoms with van der Waals surface area (Å²) in [5.74, 6) is -3.14. The molecule has 1 fully saturated rings. The lowest BCUT2D eigenvalue weighted by Gasteiger charge is -2.39. The molecular weight excluding hydrogens is 508 g/mol. The molecule has 13 nitrogen and oxygen atoms in total. The van der Waals surface area contributed by atoms with E-state index in [4.69, 9.17) is 18.9 Å². The van der Waals surface area contributed by atoms with E-state index in [9.17, 15) is 45.6 Å². The highest BCUT2D eigenvalue weighted by Gasteiger charge is 2.57. The Morgan fingerprint density at radius 1 is 1.03 bits per heavy atom. The predicted octanol–water partition coefficient (Wildman–Crippen LogP) is -0.747. The molecule has 2 unspecified atom stereocenters. The number of aliphatic hydroxyl groups is 8. The average Bonchev–Trinajstić information content (AvgIpc) is 3.14. The van der Waals surface area contributed by atoms with Gasteiger partial charge in [0.1, 0.15) is 37.1 Å². The molecule has 220 valence electrons. The smallest absolute Gasteiger partial charge is 0.378 e. The van der Waals surface area contributed by atoms with Gasteiger partial charge < -0.3 is 59.8 Å². The van der Waals surface area contributed by atoms with E-state index < -0.39 is 92.2 Å². The highest BCUT2D eigenvalue weighted by atomic mass is 16.7. The van der Waals surface area contributed by atoms with Gasteiger partial charge in [-0.3, -0.25) is 0 Å². The number of hydrogen-bond donors (Lipinski definition) is 8. The van der Waals surface area contributed by atoms with Crippen molar-refractivity contribution in [2.24, 2.45) is 0 Å². The molecule has 38 heavy (non-hydrogen) atoms. The number of aliphatic hydroxyl groups excluding tert-OH is 8. The molecule has 8 atom stereocenters. The molecule has 1 saturated heterocycles. The normalized spacial score (nSPS) is 31.5. The number of ether oxygens (including phenoxy) is 4. The van der Waals surface area contributed by atoms with Gasteiger partial charge in [-0.05, 0) is 18.9 Å². The van der Waals surface area contributed by atoms with Crippen LogP contribution in [0.15, 0.2) is 23.9 Å². The fraction of sp³-hybridized carbons (Fsp3) is 0.800. The molecule has 0 aliphatic carbocycles. The Balaban J connectivity index is 2.09. The van der Waals surface area contributed by atoms with E-state index in [1.165, 1.54) is 25.5 Å². The van der Waals surface area contributed by atoms with Crippen molar-refractivity contribution in [3.05, 3.63) is 23.9 Å². The van der Waals surface area contributed by atoms with Crippen molar-refractivity contribution in [1.82, 2.24) is 0 Å². The molecule has 13 heteroatoms. The van der Waals surface area contributed by atoms with Crippen LogP contribution < -0.4 is 0 Å². The quantitative estimate of drug-likeness (QED) is 0.0636. The number of carbonyl (C=O) groups excluding carboxylic acids is 1. The number of rotatable bonds is 17. The van der Waals surface area contributed by atoms with Crippen LogP contribution in [0.4, 0.5) is 0 Å². The second kappa shape index (κ2) is 15.6. The van der Waals surface area contributed by atoms with E-state index in [2.05, 4.69) is 6.92 Å². The van der Waals surface area contributed by atoms with Crippen LogP contribution in [0.2, 0.25) is 0 Å². The lowest BCUT2D eigenvalue weighted by atomic mass is 9.88. The summed E-state index contributed by atoms with van der Waals surface area (Å²) in [5, 5.41) is 80.4. The zero-order valence-corrected chi connectivity index (χ0v) is 21.6. The van der Waals surface area contributed by atoms with Crippen molar-refractivity contribution in [3.8, 4) is 0 Å². The summed E-state index contributed by atoms with van der Waals surface area (Å²) in [6, 6.07) is 0. The first-order valence-electron chi connectivity index (χ1n) is 13.0.